The molecule has 0 N–H and O–H groups in total. The summed E-state index contributed by atoms with van der Waals surface area (Å²) in [5.41, 5.74) is -0.230. The summed E-state index contributed by atoms with van der Waals surface area (Å²) in [4.78, 5) is 21.4. The van der Waals surface area contributed by atoms with E-state index in [0.717, 1.165) is 12.1 Å². The zero-order valence-corrected chi connectivity index (χ0v) is 11.3. The lowest BCUT2D eigenvalue weighted by Gasteiger charge is -2.15. The Morgan fingerprint density at radius 2 is 1.94 bits per heavy atom. The van der Waals surface area contributed by atoms with Gasteiger partial charge in [-0.25, -0.2) is 0 Å². The highest BCUT2D eigenvalue weighted by atomic mass is 35.5. The summed E-state index contributed by atoms with van der Waals surface area (Å²) < 4.78 is 5.33. The third kappa shape index (κ3) is 3.34. The number of hydrogen-bond donors (Lipinski definition) is 0. The molecule has 5 nitrogen and oxygen atoms in total. The van der Waals surface area contributed by atoms with E-state index >= 15 is 0 Å². The van der Waals surface area contributed by atoms with Gasteiger partial charge in [-0.1, -0.05) is 30.1 Å². The molecule has 0 aliphatic heterocycles. The number of Topliss-reactive ketones (excluding diaryl/α,β-unsaturated/α-hetero) is 1. The number of nitro groups is 1. The van der Waals surface area contributed by atoms with Crippen LogP contribution in [0.2, 0.25) is 10.0 Å². The summed E-state index contributed by atoms with van der Waals surface area (Å²) >= 11 is 11.7. The van der Waals surface area contributed by atoms with Crippen molar-refractivity contribution in [3.63, 3.8) is 0 Å². The summed E-state index contributed by atoms with van der Waals surface area (Å²) in [7, 11) is 0. The zero-order chi connectivity index (χ0) is 13.9. The van der Waals surface area contributed by atoms with Crippen LogP contribution in [0, 0.1) is 10.1 Å². The van der Waals surface area contributed by atoms with Crippen LogP contribution in [0.3, 0.4) is 0 Å². The van der Waals surface area contributed by atoms with Crippen LogP contribution in [-0.4, -0.2) is 16.8 Å². The van der Waals surface area contributed by atoms with Gasteiger partial charge in [0.2, 0.25) is 0 Å². The van der Waals surface area contributed by atoms with Crippen molar-refractivity contribution in [1.82, 2.24) is 0 Å². The predicted molar refractivity (Wildman–Crippen MR) is 68.5 cm³/mol. The number of halogens is 2. The second-order valence-electron chi connectivity index (χ2n) is 3.58. The molecule has 0 spiro atoms. The molecule has 0 aliphatic carbocycles. The van der Waals surface area contributed by atoms with Crippen molar-refractivity contribution < 1.29 is 14.5 Å². The quantitative estimate of drug-likeness (QED) is 0.613. The van der Waals surface area contributed by atoms with Gasteiger partial charge < -0.3 is 4.74 Å². The maximum absolute atomic E-state index is 11.4. The third-order valence-electron chi connectivity index (χ3n) is 2.29. The maximum atomic E-state index is 11.4. The Morgan fingerprint density at radius 1 is 1.44 bits per heavy atom. The molecule has 18 heavy (non-hydrogen) atoms. The highest BCUT2D eigenvalue weighted by Crippen LogP contribution is 2.37. The first kappa shape index (κ1) is 14.7. The molecule has 0 saturated heterocycles. The number of carbonyl (C=O) groups is 1. The number of carbonyl (C=O) groups excluding carboxylic acids is 1. The lowest BCUT2D eigenvalue weighted by Crippen LogP contribution is -2.23. The van der Waals surface area contributed by atoms with Crippen LogP contribution in [0.4, 0.5) is 5.69 Å². The molecule has 1 aromatic rings. The minimum Gasteiger partial charge on any atom is -0.480 e. The molecule has 0 fully saturated rings. The molecule has 1 atom stereocenters. The van der Waals surface area contributed by atoms with Crippen LogP contribution in [0.1, 0.15) is 20.3 Å². The number of hydrogen-bond acceptors (Lipinski definition) is 4. The van der Waals surface area contributed by atoms with Crippen LogP contribution in [-0.2, 0) is 4.79 Å². The van der Waals surface area contributed by atoms with Crippen LogP contribution in [0.15, 0.2) is 12.1 Å². The Morgan fingerprint density at radius 3 is 2.33 bits per heavy atom. The van der Waals surface area contributed by atoms with Gasteiger partial charge in [-0.3, -0.25) is 14.9 Å². The molecule has 0 aliphatic rings. The van der Waals surface area contributed by atoms with Crippen molar-refractivity contribution in [2.75, 3.05) is 0 Å². The van der Waals surface area contributed by atoms with Gasteiger partial charge in [-0.05, 0) is 6.92 Å². The summed E-state index contributed by atoms with van der Waals surface area (Å²) in [5.74, 6) is -0.0290. The molecule has 0 saturated carbocycles. The zero-order valence-electron chi connectivity index (χ0n) is 9.78. The summed E-state index contributed by atoms with van der Waals surface area (Å²) in [6.07, 6.45) is -0.380. The average Bonchev–Trinajstić information content (AvgIpc) is 2.31. The van der Waals surface area contributed by atoms with Crippen LogP contribution in [0.25, 0.3) is 0 Å². The molecule has 0 aromatic heterocycles. The number of nitrogens with zero attached hydrogens (tertiary/aromatic N) is 1. The van der Waals surface area contributed by atoms with E-state index in [2.05, 4.69) is 0 Å². The van der Waals surface area contributed by atoms with Crippen LogP contribution in [0.5, 0.6) is 5.75 Å². The first-order valence-electron chi connectivity index (χ1n) is 5.19. The Labute approximate surface area is 114 Å². The number of ether oxygens (including phenoxy) is 1. The van der Waals surface area contributed by atoms with Crippen molar-refractivity contribution in [3.05, 3.63) is 32.3 Å². The van der Waals surface area contributed by atoms with Crippen molar-refractivity contribution >= 4 is 34.7 Å². The Balaban J connectivity index is 3.04. The second kappa shape index (κ2) is 6.02. The van der Waals surface area contributed by atoms with Gasteiger partial charge in [0.1, 0.15) is 0 Å². The van der Waals surface area contributed by atoms with Gasteiger partial charge in [0.05, 0.1) is 15.0 Å². The highest BCUT2D eigenvalue weighted by Gasteiger charge is 2.20. The normalized spacial score (nSPS) is 12.0. The highest BCUT2D eigenvalue weighted by molar-refractivity contribution is 6.37. The first-order valence-corrected chi connectivity index (χ1v) is 5.95. The fourth-order valence-electron chi connectivity index (χ4n) is 1.29. The molecular formula is C11H11Cl2NO4. The first-order chi connectivity index (χ1) is 8.36. The molecule has 98 valence electrons. The molecular weight excluding hydrogens is 281 g/mol. The standard InChI is InChI=1S/C11H11Cl2NO4/c1-3-10(15)6(2)18-11-8(12)4-7(14(16)17)5-9(11)13/h4-6H,3H2,1-2H3. The van der Waals surface area contributed by atoms with E-state index in [1.54, 1.807) is 13.8 Å². The molecule has 1 unspecified atom stereocenters. The lowest BCUT2D eigenvalue weighted by molar-refractivity contribution is -0.384. The van der Waals surface area contributed by atoms with Gasteiger partial charge in [-0.15, -0.1) is 0 Å². The smallest absolute Gasteiger partial charge is 0.272 e. The van der Waals surface area contributed by atoms with Crippen molar-refractivity contribution in [2.24, 2.45) is 0 Å². The number of non-ortho nitro benzene ring substituents is 1. The van der Waals surface area contributed by atoms with Crippen molar-refractivity contribution in [1.29, 1.82) is 0 Å². The fraction of sp³-hybridized carbons (Fsp3) is 0.364. The van der Waals surface area contributed by atoms with E-state index in [4.69, 9.17) is 27.9 Å². The predicted octanol–water partition coefficient (Wildman–Crippen LogP) is 3.65. The van der Waals surface area contributed by atoms with Gasteiger partial charge in [0, 0.05) is 18.6 Å². The fourth-order valence-corrected chi connectivity index (χ4v) is 1.86. The largest absolute Gasteiger partial charge is 0.480 e. The molecule has 1 rings (SSSR count). The van der Waals surface area contributed by atoms with Gasteiger partial charge >= 0.3 is 0 Å². The summed E-state index contributed by atoms with van der Waals surface area (Å²) in [6, 6.07) is 2.26. The molecule has 1 aromatic carbocycles. The van der Waals surface area contributed by atoms with Crippen LogP contribution >= 0.6 is 23.2 Å². The van der Waals surface area contributed by atoms with E-state index in [0.29, 0.717) is 6.42 Å². The molecule has 7 heteroatoms. The Hall–Kier alpha value is -1.33. The van der Waals surface area contributed by atoms with Gasteiger partial charge in [0.15, 0.2) is 17.6 Å². The van der Waals surface area contributed by atoms with E-state index in [1.165, 1.54) is 0 Å². The number of rotatable bonds is 5. The van der Waals surface area contributed by atoms with E-state index in [-0.39, 0.29) is 27.3 Å². The third-order valence-corrected chi connectivity index (χ3v) is 2.85. The second-order valence-corrected chi connectivity index (χ2v) is 4.39. The molecule has 0 heterocycles. The van der Waals surface area contributed by atoms with E-state index in [9.17, 15) is 14.9 Å². The minimum atomic E-state index is -0.702. The minimum absolute atomic E-state index is 0.00459. The van der Waals surface area contributed by atoms with Crippen LogP contribution < -0.4 is 4.74 Å². The topological polar surface area (TPSA) is 69.4 Å². The summed E-state index contributed by atoms with van der Waals surface area (Å²) in [6.45, 7) is 3.28. The Bertz CT molecular complexity index is 467. The van der Waals surface area contributed by atoms with Gasteiger partial charge in [-0.2, -0.15) is 0 Å². The average molecular weight is 292 g/mol. The SMILES string of the molecule is CCC(=O)C(C)Oc1c(Cl)cc([N+](=O)[O-])cc1Cl. The monoisotopic (exact) mass is 291 g/mol. The lowest BCUT2D eigenvalue weighted by atomic mass is 10.2. The number of benzene rings is 1. The molecule has 0 radical (unpaired) electrons. The van der Waals surface area contributed by atoms with Gasteiger partial charge in [0.25, 0.3) is 5.69 Å². The molecule has 0 bridgehead atoms. The van der Waals surface area contributed by atoms with Crippen molar-refractivity contribution in [3.8, 4) is 5.75 Å². The van der Waals surface area contributed by atoms with E-state index in [1.807, 2.05) is 0 Å². The summed E-state index contributed by atoms with van der Waals surface area (Å²) in [5, 5.41) is 10.6. The molecule has 0 amide bonds. The Kier molecular flexibility index (Phi) is 4.93. The number of ketones is 1. The van der Waals surface area contributed by atoms with E-state index < -0.39 is 11.0 Å². The number of nitro benzene ring substituents is 1. The van der Waals surface area contributed by atoms with Crippen molar-refractivity contribution in [2.45, 2.75) is 26.4 Å². The maximum Gasteiger partial charge on any atom is 0.272 e.